The third-order valence-electron chi connectivity index (χ3n) is 3.74. The van der Waals surface area contributed by atoms with Crippen molar-refractivity contribution < 1.29 is 9.47 Å². The second kappa shape index (κ2) is 12.5. The lowest BCUT2D eigenvalue weighted by molar-refractivity contribution is 0.153. The van der Waals surface area contributed by atoms with Crippen molar-refractivity contribution >= 4 is 45.9 Å². The molecule has 1 aromatic carbocycles. The van der Waals surface area contributed by atoms with Crippen LogP contribution in [0.25, 0.3) is 0 Å². The molecule has 0 radical (unpaired) electrons. The fourth-order valence-corrected chi connectivity index (χ4v) is 2.77. The summed E-state index contributed by atoms with van der Waals surface area (Å²) in [5.41, 5.74) is 1.45. The second-order valence-electron chi connectivity index (χ2n) is 5.68. The molecule has 7 heteroatoms. The maximum Gasteiger partial charge on any atom is 0.191 e. The Labute approximate surface area is 175 Å². The summed E-state index contributed by atoms with van der Waals surface area (Å²) in [6, 6.07) is 7.86. The molecule has 0 fully saturated rings. The van der Waals surface area contributed by atoms with Gasteiger partial charge in [-0.2, -0.15) is 0 Å². The van der Waals surface area contributed by atoms with Gasteiger partial charge >= 0.3 is 0 Å². The van der Waals surface area contributed by atoms with Crippen molar-refractivity contribution in [2.75, 3.05) is 33.4 Å². The number of nitrogens with zero attached hydrogens (tertiary/aromatic N) is 1. The molecule has 1 aromatic rings. The van der Waals surface area contributed by atoms with E-state index in [1.54, 1.807) is 7.05 Å². The van der Waals surface area contributed by atoms with Crippen molar-refractivity contribution in [2.24, 2.45) is 4.99 Å². The quantitative estimate of drug-likeness (QED) is 0.247. The molecule has 0 amide bonds. The number of guanidine groups is 1. The first-order chi connectivity index (χ1) is 11.7. The number of halogens is 2. The number of para-hydroxylation sites is 1. The molecule has 0 aromatic heterocycles. The average Bonchev–Trinajstić information content (AvgIpc) is 2.61. The first-order valence-corrected chi connectivity index (χ1v) is 9.09. The molecule has 2 rings (SSSR count). The van der Waals surface area contributed by atoms with Crippen LogP contribution in [-0.4, -0.2) is 45.4 Å². The maximum atomic E-state index is 5.92. The molecule has 1 aliphatic heterocycles. The first kappa shape index (κ1) is 22.2. The van der Waals surface area contributed by atoms with E-state index in [-0.39, 0.29) is 30.1 Å². The van der Waals surface area contributed by atoms with Crippen LogP contribution in [0.2, 0.25) is 0 Å². The van der Waals surface area contributed by atoms with E-state index in [1.165, 1.54) is 5.57 Å². The summed E-state index contributed by atoms with van der Waals surface area (Å²) in [7, 11) is 1.78. The summed E-state index contributed by atoms with van der Waals surface area (Å²) in [5.74, 6) is 1.64. The first-order valence-electron chi connectivity index (χ1n) is 8.30. The number of hydrogen-bond donors (Lipinski definition) is 2. The van der Waals surface area contributed by atoms with Gasteiger partial charge in [-0.25, -0.2) is 0 Å². The highest BCUT2D eigenvalue weighted by Crippen LogP contribution is 2.24. The molecular formula is C18H27BrIN3O2. The summed E-state index contributed by atoms with van der Waals surface area (Å²) < 4.78 is 12.2. The number of rotatable bonds is 7. The Morgan fingerprint density at radius 1 is 1.36 bits per heavy atom. The van der Waals surface area contributed by atoms with E-state index >= 15 is 0 Å². The Balaban J connectivity index is 0.00000312. The summed E-state index contributed by atoms with van der Waals surface area (Å²) >= 11 is 3.49. The van der Waals surface area contributed by atoms with Crippen molar-refractivity contribution in [2.45, 2.75) is 25.9 Å². The Morgan fingerprint density at radius 3 is 2.84 bits per heavy atom. The smallest absolute Gasteiger partial charge is 0.191 e. The highest BCUT2D eigenvalue weighted by Gasteiger charge is 2.08. The number of aliphatic imine (C=N–C) groups is 1. The zero-order valence-electron chi connectivity index (χ0n) is 14.8. The molecule has 1 atom stereocenters. The molecule has 1 heterocycles. The van der Waals surface area contributed by atoms with Crippen molar-refractivity contribution in [3.8, 4) is 5.75 Å². The topological polar surface area (TPSA) is 54.9 Å². The molecule has 5 nitrogen and oxygen atoms in total. The van der Waals surface area contributed by atoms with Crippen molar-refractivity contribution in [3.05, 3.63) is 40.4 Å². The van der Waals surface area contributed by atoms with Crippen LogP contribution in [0, 0.1) is 0 Å². The van der Waals surface area contributed by atoms with Crippen molar-refractivity contribution in [1.29, 1.82) is 0 Å². The van der Waals surface area contributed by atoms with Gasteiger partial charge in [-0.1, -0.05) is 23.8 Å². The van der Waals surface area contributed by atoms with Gasteiger partial charge < -0.3 is 20.1 Å². The molecule has 140 valence electrons. The monoisotopic (exact) mass is 523 g/mol. The SMILES string of the molecule is CN=C(NCCC1=CCOCC1)NCC(C)Oc1ccccc1Br.I. The van der Waals surface area contributed by atoms with Gasteiger partial charge in [0.15, 0.2) is 5.96 Å². The van der Waals surface area contributed by atoms with E-state index in [0.29, 0.717) is 6.54 Å². The Hall–Kier alpha value is -0.800. The highest BCUT2D eigenvalue weighted by molar-refractivity contribution is 14.0. The molecular weight excluding hydrogens is 497 g/mol. The Kier molecular flexibility index (Phi) is 11.2. The molecule has 0 spiro atoms. The van der Waals surface area contributed by atoms with Crippen molar-refractivity contribution in [1.82, 2.24) is 10.6 Å². The predicted octanol–water partition coefficient (Wildman–Crippen LogP) is 3.74. The van der Waals surface area contributed by atoms with Crippen LogP contribution in [-0.2, 0) is 4.74 Å². The van der Waals surface area contributed by atoms with E-state index in [0.717, 1.165) is 48.8 Å². The fraction of sp³-hybridized carbons (Fsp3) is 0.500. The van der Waals surface area contributed by atoms with Gasteiger partial charge in [0, 0.05) is 13.6 Å². The van der Waals surface area contributed by atoms with Crippen LogP contribution in [0.4, 0.5) is 0 Å². The standard InChI is InChI=1S/C18H26BrN3O2.HI/c1-14(24-17-6-4-3-5-16(17)19)13-22-18(20-2)21-10-7-15-8-11-23-12-9-15;/h3-6,8,14H,7,9-13H2,1-2H3,(H2,20,21,22);1H. The van der Waals surface area contributed by atoms with Crippen LogP contribution in [0.1, 0.15) is 19.8 Å². The van der Waals surface area contributed by atoms with Gasteiger partial charge in [0.25, 0.3) is 0 Å². The van der Waals surface area contributed by atoms with Gasteiger partial charge in [0.1, 0.15) is 11.9 Å². The lowest BCUT2D eigenvalue weighted by Gasteiger charge is -2.19. The number of benzene rings is 1. The van der Waals surface area contributed by atoms with Gasteiger partial charge in [-0.15, -0.1) is 24.0 Å². The molecule has 1 unspecified atom stereocenters. The minimum absolute atomic E-state index is 0. The highest BCUT2D eigenvalue weighted by atomic mass is 127. The fourth-order valence-electron chi connectivity index (χ4n) is 2.39. The number of ether oxygens (including phenoxy) is 2. The number of hydrogen-bond acceptors (Lipinski definition) is 3. The third-order valence-corrected chi connectivity index (χ3v) is 4.40. The molecule has 0 saturated carbocycles. The van der Waals surface area contributed by atoms with Crippen LogP contribution < -0.4 is 15.4 Å². The molecule has 1 aliphatic rings. The third kappa shape index (κ3) is 8.42. The minimum atomic E-state index is 0. The van der Waals surface area contributed by atoms with Gasteiger partial charge in [0.05, 0.1) is 24.2 Å². The van der Waals surface area contributed by atoms with Gasteiger partial charge in [0.2, 0.25) is 0 Å². The largest absolute Gasteiger partial charge is 0.488 e. The summed E-state index contributed by atoms with van der Waals surface area (Å²) in [6.07, 6.45) is 4.26. The summed E-state index contributed by atoms with van der Waals surface area (Å²) in [4.78, 5) is 4.25. The molecule has 0 saturated heterocycles. The van der Waals surface area contributed by atoms with Crippen LogP contribution >= 0.6 is 39.9 Å². The van der Waals surface area contributed by atoms with E-state index in [2.05, 4.69) is 37.6 Å². The number of nitrogens with one attached hydrogen (secondary N) is 2. The summed E-state index contributed by atoms with van der Waals surface area (Å²) in [5, 5.41) is 6.64. The zero-order chi connectivity index (χ0) is 17.2. The molecule has 2 N–H and O–H groups in total. The van der Waals surface area contributed by atoms with E-state index in [4.69, 9.17) is 9.47 Å². The van der Waals surface area contributed by atoms with Crippen LogP contribution in [0.3, 0.4) is 0 Å². The zero-order valence-corrected chi connectivity index (χ0v) is 18.7. The second-order valence-corrected chi connectivity index (χ2v) is 6.53. The Morgan fingerprint density at radius 2 is 2.16 bits per heavy atom. The molecule has 0 aliphatic carbocycles. The molecule has 25 heavy (non-hydrogen) atoms. The maximum absolute atomic E-state index is 5.92. The molecule has 0 bridgehead atoms. The minimum Gasteiger partial charge on any atom is -0.488 e. The lowest BCUT2D eigenvalue weighted by atomic mass is 10.1. The summed E-state index contributed by atoms with van der Waals surface area (Å²) in [6.45, 7) is 5.16. The normalized spacial score (nSPS) is 15.6. The van der Waals surface area contributed by atoms with Gasteiger partial charge in [-0.3, -0.25) is 4.99 Å². The predicted molar refractivity (Wildman–Crippen MR) is 117 cm³/mol. The van der Waals surface area contributed by atoms with Crippen LogP contribution in [0.15, 0.2) is 45.4 Å². The van der Waals surface area contributed by atoms with Gasteiger partial charge in [-0.05, 0) is 47.8 Å². The van der Waals surface area contributed by atoms with E-state index in [9.17, 15) is 0 Å². The van der Waals surface area contributed by atoms with E-state index < -0.39 is 0 Å². The van der Waals surface area contributed by atoms with Crippen LogP contribution in [0.5, 0.6) is 5.75 Å². The Bertz CT molecular complexity index is 581. The lowest BCUT2D eigenvalue weighted by Crippen LogP contribution is -2.42. The average molecular weight is 524 g/mol. The van der Waals surface area contributed by atoms with E-state index in [1.807, 2.05) is 31.2 Å². The van der Waals surface area contributed by atoms with Crippen molar-refractivity contribution in [3.63, 3.8) is 0 Å².